The first-order valence-corrected chi connectivity index (χ1v) is 10.0. The molecule has 0 heterocycles. The largest absolute Gasteiger partial charge is 0.459 e. The lowest BCUT2D eigenvalue weighted by Crippen LogP contribution is -2.42. The average molecular weight is 392 g/mol. The molecule has 0 aromatic heterocycles. The summed E-state index contributed by atoms with van der Waals surface area (Å²) in [5.74, 6) is -0.542. The quantitative estimate of drug-likeness (QED) is 0.574. The molecule has 28 heavy (non-hydrogen) atoms. The molecule has 0 saturated carbocycles. The molecule has 0 aliphatic heterocycles. The minimum Gasteiger partial charge on any atom is -0.459 e. The molecule has 0 aliphatic rings. The molecule has 158 valence electrons. The lowest BCUT2D eigenvalue weighted by molar-refractivity contribution is -0.155. The highest BCUT2D eigenvalue weighted by Gasteiger charge is 2.23. The molecule has 0 radical (unpaired) electrons. The van der Waals surface area contributed by atoms with Crippen molar-refractivity contribution in [3.8, 4) is 0 Å². The van der Waals surface area contributed by atoms with Gasteiger partial charge < -0.3 is 14.5 Å². The molecule has 1 rings (SSSR count). The second-order valence-corrected chi connectivity index (χ2v) is 8.27. The Bertz CT molecular complexity index is 617. The summed E-state index contributed by atoms with van der Waals surface area (Å²) in [6, 6.07) is 7.67. The number of esters is 1. The van der Waals surface area contributed by atoms with Crippen molar-refractivity contribution in [1.82, 2.24) is 14.7 Å². The summed E-state index contributed by atoms with van der Waals surface area (Å²) in [6.07, 6.45) is 0. The van der Waals surface area contributed by atoms with E-state index in [-0.39, 0.29) is 12.5 Å². The third kappa shape index (κ3) is 8.85. The van der Waals surface area contributed by atoms with Crippen molar-refractivity contribution in [2.75, 3.05) is 46.8 Å². The van der Waals surface area contributed by atoms with Crippen LogP contribution in [0.25, 0.3) is 0 Å². The van der Waals surface area contributed by atoms with Crippen molar-refractivity contribution >= 4 is 11.9 Å². The second-order valence-electron chi connectivity index (χ2n) is 8.27. The molecule has 0 N–H and O–H groups in total. The Morgan fingerprint density at radius 3 is 2.00 bits per heavy atom. The Morgan fingerprint density at radius 2 is 1.54 bits per heavy atom. The standard InChI is InChI=1S/C22H37N3O3/c1-8-24(9-2)16-18-10-12-19(13-11-18)21(27)25(15-14-23(6)7)17-20(26)28-22(3,4)5/h10-13H,8-9,14-17H2,1-7H3. The highest BCUT2D eigenvalue weighted by Crippen LogP contribution is 2.12. The summed E-state index contributed by atoms with van der Waals surface area (Å²) in [5.41, 5.74) is 1.19. The van der Waals surface area contributed by atoms with E-state index in [4.69, 9.17) is 4.74 Å². The van der Waals surface area contributed by atoms with Crippen LogP contribution in [-0.4, -0.2) is 79.0 Å². The van der Waals surface area contributed by atoms with Crippen LogP contribution in [0.3, 0.4) is 0 Å². The molecule has 0 unspecified atom stereocenters. The number of hydrogen-bond donors (Lipinski definition) is 0. The van der Waals surface area contributed by atoms with Gasteiger partial charge in [-0.3, -0.25) is 14.5 Å². The van der Waals surface area contributed by atoms with Gasteiger partial charge in [0.15, 0.2) is 0 Å². The molecule has 0 aliphatic carbocycles. The Balaban J connectivity index is 2.87. The third-order valence-electron chi connectivity index (χ3n) is 4.35. The van der Waals surface area contributed by atoms with Gasteiger partial charge in [-0.15, -0.1) is 0 Å². The first-order valence-electron chi connectivity index (χ1n) is 10.0. The van der Waals surface area contributed by atoms with Gasteiger partial charge in [-0.05, 0) is 65.7 Å². The predicted octanol–water partition coefficient (Wildman–Crippen LogP) is 2.87. The van der Waals surface area contributed by atoms with E-state index in [1.54, 1.807) is 4.90 Å². The summed E-state index contributed by atoms with van der Waals surface area (Å²) < 4.78 is 5.40. The fourth-order valence-electron chi connectivity index (χ4n) is 2.74. The zero-order valence-electron chi connectivity index (χ0n) is 18.6. The highest BCUT2D eigenvalue weighted by molar-refractivity contribution is 5.96. The highest BCUT2D eigenvalue weighted by atomic mass is 16.6. The number of rotatable bonds is 10. The van der Waals surface area contributed by atoms with Crippen LogP contribution >= 0.6 is 0 Å². The maximum Gasteiger partial charge on any atom is 0.326 e. The zero-order valence-corrected chi connectivity index (χ0v) is 18.6. The summed E-state index contributed by atoms with van der Waals surface area (Å²) in [4.78, 5) is 31.1. The van der Waals surface area contributed by atoms with Gasteiger partial charge in [0.2, 0.25) is 0 Å². The molecule has 1 aromatic rings. The summed E-state index contributed by atoms with van der Waals surface area (Å²) >= 11 is 0. The van der Waals surface area contributed by atoms with Gasteiger partial charge in [-0.2, -0.15) is 0 Å². The molecule has 1 amide bonds. The summed E-state index contributed by atoms with van der Waals surface area (Å²) in [7, 11) is 3.89. The molecule has 0 fully saturated rings. The molecule has 0 atom stereocenters. The summed E-state index contributed by atoms with van der Waals surface area (Å²) in [6.45, 7) is 13.7. The number of hydrogen-bond acceptors (Lipinski definition) is 5. The van der Waals surface area contributed by atoms with Crippen molar-refractivity contribution < 1.29 is 14.3 Å². The smallest absolute Gasteiger partial charge is 0.326 e. The van der Waals surface area contributed by atoms with Crippen molar-refractivity contribution in [3.05, 3.63) is 35.4 Å². The van der Waals surface area contributed by atoms with Crippen LogP contribution in [0.5, 0.6) is 0 Å². The molecule has 0 saturated heterocycles. The van der Waals surface area contributed by atoms with E-state index >= 15 is 0 Å². The lowest BCUT2D eigenvalue weighted by atomic mass is 10.1. The van der Waals surface area contributed by atoms with E-state index in [0.717, 1.165) is 19.6 Å². The van der Waals surface area contributed by atoms with E-state index in [2.05, 4.69) is 18.7 Å². The van der Waals surface area contributed by atoms with E-state index in [0.29, 0.717) is 18.7 Å². The second kappa shape index (κ2) is 11.2. The maximum atomic E-state index is 13.0. The molecule has 6 heteroatoms. The Morgan fingerprint density at radius 1 is 0.964 bits per heavy atom. The first-order chi connectivity index (χ1) is 13.1. The minimum atomic E-state index is -0.570. The van der Waals surface area contributed by atoms with Crippen LogP contribution in [0.2, 0.25) is 0 Å². The SMILES string of the molecule is CCN(CC)Cc1ccc(C(=O)N(CCN(C)C)CC(=O)OC(C)(C)C)cc1. The number of ether oxygens (including phenoxy) is 1. The zero-order chi connectivity index (χ0) is 21.3. The number of carbonyl (C=O) groups excluding carboxylic acids is 2. The third-order valence-corrected chi connectivity index (χ3v) is 4.35. The molecular formula is C22H37N3O3. The normalized spacial score (nSPS) is 11.8. The average Bonchev–Trinajstić information content (AvgIpc) is 2.61. The van der Waals surface area contributed by atoms with E-state index < -0.39 is 11.6 Å². The summed E-state index contributed by atoms with van der Waals surface area (Å²) in [5, 5.41) is 0. The van der Waals surface area contributed by atoms with Crippen molar-refractivity contribution in [1.29, 1.82) is 0 Å². The van der Waals surface area contributed by atoms with Crippen molar-refractivity contribution in [3.63, 3.8) is 0 Å². The van der Waals surface area contributed by atoms with Gasteiger partial charge in [0.05, 0.1) is 0 Å². The number of nitrogens with zero attached hydrogens (tertiary/aromatic N) is 3. The Labute approximate surface area is 170 Å². The lowest BCUT2D eigenvalue weighted by Gasteiger charge is -2.26. The van der Waals surface area contributed by atoms with E-state index in [1.807, 2.05) is 64.0 Å². The van der Waals surface area contributed by atoms with Gasteiger partial charge in [-0.25, -0.2) is 0 Å². The number of amides is 1. The van der Waals surface area contributed by atoms with Crippen LogP contribution < -0.4 is 0 Å². The molecular weight excluding hydrogens is 354 g/mol. The number of likely N-dealkylation sites (N-methyl/N-ethyl adjacent to an activating group) is 1. The van der Waals surface area contributed by atoms with E-state index in [9.17, 15) is 9.59 Å². The van der Waals surface area contributed by atoms with E-state index in [1.165, 1.54) is 5.56 Å². The Hall–Kier alpha value is -1.92. The minimum absolute atomic E-state index is 0.0505. The maximum absolute atomic E-state index is 13.0. The van der Waals surface area contributed by atoms with Gasteiger partial charge in [-0.1, -0.05) is 26.0 Å². The number of carbonyl (C=O) groups is 2. The Kier molecular flexibility index (Phi) is 9.62. The molecule has 0 bridgehead atoms. The van der Waals surface area contributed by atoms with Gasteiger partial charge in [0.1, 0.15) is 12.1 Å². The first kappa shape index (κ1) is 24.1. The van der Waals surface area contributed by atoms with Gasteiger partial charge in [0, 0.05) is 25.2 Å². The predicted molar refractivity (Wildman–Crippen MR) is 113 cm³/mol. The van der Waals surface area contributed by atoms with Gasteiger partial charge in [0.25, 0.3) is 5.91 Å². The topological polar surface area (TPSA) is 53.1 Å². The van der Waals surface area contributed by atoms with Crippen molar-refractivity contribution in [2.45, 2.75) is 46.8 Å². The van der Waals surface area contributed by atoms with Gasteiger partial charge >= 0.3 is 5.97 Å². The fourth-order valence-corrected chi connectivity index (χ4v) is 2.74. The van der Waals surface area contributed by atoms with Crippen LogP contribution in [0, 0.1) is 0 Å². The van der Waals surface area contributed by atoms with Crippen molar-refractivity contribution in [2.24, 2.45) is 0 Å². The molecule has 1 aromatic carbocycles. The molecule has 6 nitrogen and oxygen atoms in total. The van der Waals surface area contributed by atoms with Crippen LogP contribution in [0.1, 0.15) is 50.5 Å². The fraction of sp³-hybridized carbons (Fsp3) is 0.636. The number of benzene rings is 1. The van der Waals surface area contributed by atoms with Crippen LogP contribution in [0.4, 0.5) is 0 Å². The van der Waals surface area contributed by atoms with Crippen LogP contribution in [-0.2, 0) is 16.1 Å². The van der Waals surface area contributed by atoms with Crippen LogP contribution in [0.15, 0.2) is 24.3 Å². The molecule has 0 spiro atoms. The monoisotopic (exact) mass is 391 g/mol.